The van der Waals surface area contributed by atoms with Crippen molar-refractivity contribution < 1.29 is 14.0 Å². The number of carbonyl (C=O) groups excluding carboxylic acids is 2. The fraction of sp³-hybridized carbons (Fsp3) is 0.333. The molecule has 0 aliphatic carbocycles. The van der Waals surface area contributed by atoms with E-state index >= 15 is 0 Å². The zero-order valence-corrected chi connectivity index (χ0v) is 16.1. The Morgan fingerprint density at radius 2 is 1.70 bits per heavy atom. The molecule has 140 valence electrons. The molecule has 2 aliphatic heterocycles. The number of hydrogen-bond acceptors (Lipinski definition) is 4. The van der Waals surface area contributed by atoms with Gasteiger partial charge < -0.3 is 4.90 Å². The van der Waals surface area contributed by atoms with Crippen LogP contribution in [-0.2, 0) is 9.59 Å². The molecule has 0 N–H and O–H groups in total. The van der Waals surface area contributed by atoms with Gasteiger partial charge in [-0.1, -0.05) is 32.0 Å². The van der Waals surface area contributed by atoms with Gasteiger partial charge in [-0.25, -0.2) is 9.29 Å². The van der Waals surface area contributed by atoms with Gasteiger partial charge in [0, 0.05) is 18.0 Å². The maximum absolute atomic E-state index is 14.4. The number of thiophene rings is 1. The number of benzene rings is 1. The molecule has 2 unspecified atom stereocenters. The Balaban J connectivity index is 1.83. The first-order chi connectivity index (χ1) is 13.0. The van der Waals surface area contributed by atoms with Gasteiger partial charge in [-0.15, -0.1) is 11.3 Å². The first kappa shape index (κ1) is 17.9. The highest BCUT2D eigenvalue weighted by atomic mass is 32.1. The second-order valence-corrected chi connectivity index (χ2v) is 8.40. The van der Waals surface area contributed by atoms with Gasteiger partial charge in [0.15, 0.2) is 0 Å². The Morgan fingerprint density at radius 3 is 2.33 bits per heavy atom. The summed E-state index contributed by atoms with van der Waals surface area (Å²) in [5, 5.41) is 1.88. The lowest BCUT2D eigenvalue weighted by Crippen LogP contribution is -2.42. The second kappa shape index (κ2) is 6.93. The van der Waals surface area contributed by atoms with Crippen molar-refractivity contribution in [3.05, 3.63) is 58.2 Å². The van der Waals surface area contributed by atoms with E-state index in [1.807, 2.05) is 22.4 Å². The zero-order chi connectivity index (χ0) is 19.1. The van der Waals surface area contributed by atoms with E-state index in [0.29, 0.717) is 23.1 Å². The van der Waals surface area contributed by atoms with Gasteiger partial charge in [0.25, 0.3) is 11.8 Å². The number of hydrogen-bond donors (Lipinski definition) is 0. The van der Waals surface area contributed by atoms with Gasteiger partial charge in [0.1, 0.15) is 11.5 Å². The third-order valence-corrected chi connectivity index (χ3v) is 5.99. The molecular formula is C21H21FN2O2S. The summed E-state index contributed by atoms with van der Waals surface area (Å²) in [6, 6.07) is 9.62. The summed E-state index contributed by atoms with van der Waals surface area (Å²) >= 11 is 1.42. The highest BCUT2D eigenvalue weighted by Crippen LogP contribution is 2.39. The second-order valence-electron chi connectivity index (χ2n) is 7.45. The van der Waals surface area contributed by atoms with Crippen LogP contribution in [-0.4, -0.2) is 29.8 Å². The molecule has 1 fully saturated rings. The lowest BCUT2D eigenvalue weighted by atomic mass is 9.91. The third-order valence-electron chi connectivity index (χ3n) is 5.11. The number of rotatable bonds is 3. The fourth-order valence-corrected chi connectivity index (χ4v) is 4.91. The number of halogens is 1. The van der Waals surface area contributed by atoms with Crippen LogP contribution in [0.2, 0.25) is 0 Å². The highest BCUT2D eigenvalue weighted by molar-refractivity contribution is 7.11. The van der Waals surface area contributed by atoms with Crippen molar-refractivity contribution in [2.75, 3.05) is 18.0 Å². The smallest absolute Gasteiger partial charge is 0.282 e. The SMILES string of the molecule is CC1CC(C)CN(C2=C(c3cccs3)C(=O)N(c3ccccc3F)C2=O)C1. The molecule has 2 atom stereocenters. The van der Waals surface area contributed by atoms with Gasteiger partial charge >= 0.3 is 0 Å². The summed E-state index contributed by atoms with van der Waals surface area (Å²) < 4.78 is 14.4. The number of amides is 2. The van der Waals surface area contributed by atoms with Crippen LogP contribution in [0.4, 0.5) is 10.1 Å². The predicted octanol–water partition coefficient (Wildman–Crippen LogP) is 4.15. The number of carbonyl (C=O) groups is 2. The molecule has 1 aromatic carbocycles. The first-order valence-corrected chi connectivity index (χ1v) is 10.0. The summed E-state index contributed by atoms with van der Waals surface area (Å²) in [6.07, 6.45) is 1.09. The number of para-hydroxylation sites is 1. The summed E-state index contributed by atoms with van der Waals surface area (Å²) in [5.41, 5.74) is 0.804. The van der Waals surface area contributed by atoms with Crippen LogP contribution in [0.25, 0.3) is 5.57 Å². The number of anilines is 1. The number of nitrogens with zero attached hydrogens (tertiary/aromatic N) is 2. The van der Waals surface area contributed by atoms with Crippen LogP contribution in [0, 0.1) is 17.7 Å². The van der Waals surface area contributed by atoms with Gasteiger partial charge in [-0.2, -0.15) is 0 Å². The minimum Gasteiger partial charge on any atom is -0.366 e. The summed E-state index contributed by atoms with van der Waals surface area (Å²) in [7, 11) is 0. The molecule has 2 amide bonds. The van der Waals surface area contributed by atoms with E-state index in [0.717, 1.165) is 29.3 Å². The topological polar surface area (TPSA) is 40.6 Å². The van der Waals surface area contributed by atoms with Gasteiger partial charge in [-0.05, 0) is 41.8 Å². The van der Waals surface area contributed by atoms with Gasteiger partial charge in [-0.3, -0.25) is 9.59 Å². The molecule has 0 bridgehead atoms. The fourth-order valence-electron chi connectivity index (χ4n) is 4.15. The molecule has 0 radical (unpaired) electrons. The number of piperidine rings is 1. The van der Waals surface area contributed by atoms with Gasteiger partial charge in [0.2, 0.25) is 0 Å². The molecule has 2 aliphatic rings. The normalized spacial score (nSPS) is 23.5. The minimum absolute atomic E-state index is 0.00895. The lowest BCUT2D eigenvalue weighted by Gasteiger charge is -2.37. The average Bonchev–Trinajstić information content (AvgIpc) is 3.21. The van der Waals surface area contributed by atoms with Crippen LogP contribution in [0.15, 0.2) is 47.5 Å². The van der Waals surface area contributed by atoms with Gasteiger partial charge in [0.05, 0.1) is 11.3 Å². The molecule has 6 heteroatoms. The molecule has 27 heavy (non-hydrogen) atoms. The molecule has 0 saturated carbocycles. The quantitative estimate of drug-likeness (QED) is 0.747. The van der Waals surface area contributed by atoms with Crippen LogP contribution >= 0.6 is 11.3 Å². The molecule has 4 nitrogen and oxygen atoms in total. The maximum Gasteiger partial charge on any atom is 0.282 e. The van der Waals surface area contributed by atoms with E-state index in [4.69, 9.17) is 0 Å². The molecule has 1 saturated heterocycles. The van der Waals surface area contributed by atoms with Crippen molar-refractivity contribution in [3.8, 4) is 0 Å². The maximum atomic E-state index is 14.4. The summed E-state index contributed by atoms with van der Waals surface area (Å²) in [6.45, 7) is 5.76. The van der Waals surface area contributed by atoms with Crippen LogP contribution in [0.3, 0.4) is 0 Å². The van der Waals surface area contributed by atoms with E-state index in [1.54, 1.807) is 12.1 Å². The third kappa shape index (κ3) is 3.08. The molecule has 2 aromatic rings. The lowest BCUT2D eigenvalue weighted by molar-refractivity contribution is -0.121. The Hall–Kier alpha value is -2.47. The summed E-state index contributed by atoms with van der Waals surface area (Å²) in [4.78, 5) is 30.3. The summed E-state index contributed by atoms with van der Waals surface area (Å²) in [5.74, 6) is -0.609. The van der Waals surface area contributed by atoms with Crippen molar-refractivity contribution >= 4 is 34.4 Å². The standard InChI is InChI=1S/C21H21FN2O2S/c1-13-10-14(2)12-23(11-13)19-18(17-8-5-9-27-17)20(25)24(21(19)26)16-7-4-3-6-15(16)22/h3-9,13-14H,10-12H2,1-2H3. The van der Waals surface area contributed by atoms with E-state index in [2.05, 4.69) is 13.8 Å². The Kier molecular flexibility index (Phi) is 4.60. The average molecular weight is 384 g/mol. The van der Waals surface area contributed by atoms with Crippen molar-refractivity contribution in [3.63, 3.8) is 0 Å². The van der Waals surface area contributed by atoms with Crippen molar-refractivity contribution in [2.24, 2.45) is 11.8 Å². The minimum atomic E-state index is -0.577. The van der Waals surface area contributed by atoms with E-state index in [-0.39, 0.29) is 5.69 Å². The van der Waals surface area contributed by atoms with Crippen molar-refractivity contribution in [1.82, 2.24) is 4.90 Å². The van der Waals surface area contributed by atoms with E-state index in [1.165, 1.54) is 23.5 Å². The predicted molar refractivity (Wildman–Crippen MR) is 105 cm³/mol. The molecule has 3 heterocycles. The van der Waals surface area contributed by atoms with Crippen molar-refractivity contribution in [1.29, 1.82) is 0 Å². The van der Waals surface area contributed by atoms with E-state index < -0.39 is 17.6 Å². The van der Waals surface area contributed by atoms with Crippen LogP contribution in [0.5, 0.6) is 0 Å². The Morgan fingerprint density at radius 1 is 1.00 bits per heavy atom. The Labute approximate surface area is 161 Å². The monoisotopic (exact) mass is 384 g/mol. The van der Waals surface area contributed by atoms with Crippen LogP contribution < -0.4 is 4.90 Å². The van der Waals surface area contributed by atoms with E-state index in [9.17, 15) is 14.0 Å². The highest BCUT2D eigenvalue weighted by Gasteiger charge is 2.44. The Bertz CT molecular complexity index is 912. The number of imide groups is 1. The largest absolute Gasteiger partial charge is 0.366 e. The molecular weight excluding hydrogens is 363 g/mol. The molecule has 0 spiro atoms. The van der Waals surface area contributed by atoms with Crippen LogP contribution in [0.1, 0.15) is 25.1 Å². The molecule has 4 rings (SSSR count). The van der Waals surface area contributed by atoms with Crippen molar-refractivity contribution in [2.45, 2.75) is 20.3 Å². The number of likely N-dealkylation sites (tertiary alicyclic amines) is 1. The first-order valence-electron chi connectivity index (χ1n) is 9.13. The molecule has 1 aromatic heterocycles. The zero-order valence-electron chi connectivity index (χ0n) is 15.3.